The largest absolute Gasteiger partial charge is 0.483 e. The first-order valence-electron chi connectivity index (χ1n) is 8.55. The van der Waals surface area contributed by atoms with Crippen LogP contribution in [-0.4, -0.2) is 31.6 Å². The standard InChI is InChI=1S/C20H22N2O4/c1-4-22-16-10-15(7-8-17(16)26-12-20(22)24)21-19(23)11-25-18-9-13(2)5-6-14(18)3/h5-10H,4,11-12H2,1-3H3,(H,21,23). The van der Waals surface area contributed by atoms with Gasteiger partial charge in [0.25, 0.3) is 11.8 Å². The Morgan fingerprint density at radius 3 is 2.81 bits per heavy atom. The summed E-state index contributed by atoms with van der Waals surface area (Å²) in [7, 11) is 0. The third-order valence-electron chi connectivity index (χ3n) is 4.20. The first-order valence-corrected chi connectivity index (χ1v) is 8.55. The monoisotopic (exact) mass is 354 g/mol. The Labute approximate surface area is 152 Å². The predicted octanol–water partition coefficient (Wildman–Crippen LogP) is 3.07. The number of amides is 2. The van der Waals surface area contributed by atoms with Crippen LogP contribution in [0.2, 0.25) is 0 Å². The van der Waals surface area contributed by atoms with Gasteiger partial charge in [0.15, 0.2) is 13.2 Å². The SMILES string of the molecule is CCN1C(=O)COc2ccc(NC(=O)COc3cc(C)ccc3C)cc21. The summed E-state index contributed by atoms with van der Waals surface area (Å²) in [5, 5.41) is 2.80. The lowest BCUT2D eigenvalue weighted by Crippen LogP contribution is -2.38. The van der Waals surface area contributed by atoms with Crippen molar-refractivity contribution in [1.82, 2.24) is 0 Å². The van der Waals surface area contributed by atoms with E-state index in [-0.39, 0.29) is 25.0 Å². The number of ether oxygens (including phenoxy) is 2. The fraction of sp³-hybridized carbons (Fsp3) is 0.300. The van der Waals surface area contributed by atoms with Gasteiger partial charge in [0.2, 0.25) is 0 Å². The van der Waals surface area contributed by atoms with Crippen molar-refractivity contribution in [1.29, 1.82) is 0 Å². The van der Waals surface area contributed by atoms with Crippen LogP contribution in [0.25, 0.3) is 0 Å². The number of likely N-dealkylation sites (N-methyl/N-ethyl adjacent to an activating group) is 1. The van der Waals surface area contributed by atoms with E-state index in [9.17, 15) is 9.59 Å². The van der Waals surface area contributed by atoms with Gasteiger partial charge < -0.3 is 19.7 Å². The van der Waals surface area contributed by atoms with Gasteiger partial charge in [-0.25, -0.2) is 0 Å². The van der Waals surface area contributed by atoms with E-state index in [4.69, 9.17) is 9.47 Å². The van der Waals surface area contributed by atoms with Crippen molar-refractivity contribution < 1.29 is 19.1 Å². The van der Waals surface area contributed by atoms with Gasteiger partial charge in [-0.15, -0.1) is 0 Å². The molecule has 0 saturated heterocycles. The Bertz CT molecular complexity index is 848. The molecule has 1 aliphatic rings. The van der Waals surface area contributed by atoms with Crippen LogP contribution in [0.1, 0.15) is 18.1 Å². The normalized spacial score (nSPS) is 13.0. The predicted molar refractivity (Wildman–Crippen MR) is 100 cm³/mol. The number of fused-ring (bicyclic) bond motifs is 1. The van der Waals surface area contributed by atoms with E-state index >= 15 is 0 Å². The molecule has 0 bridgehead atoms. The zero-order valence-corrected chi connectivity index (χ0v) is 15.2. The molecule has 136 valence electrons. The number of hydrogen-bond acceptors (Lipinski definition) is 4. The molecule has 0 spiro atoms. The molecule has 3 rings (SSSR count). The Morgan fingerprint density at radius 1 is 1.23 bits per heavy atom. The number of nitrogens with zero attached hydrogens (tertiary/aromatic N) is 1. The highest BCUT2D eigenvalue weighted by Gasteiger charge is 2.24. The van der Waals surface area contributed by atoms with E-state index in [1.54, 1.807) is 23.1 Å². The number of rotatable bonds is 5. The molecule has 0 saturated carbocycles. The molecule has 2 aromatic carbocycles. The minimum absolute atomic E-state index is 0.0379. The molecule has 0 fully saturated rings. The van der Waals surface area contributed by atoms with E-state index in [1.807, 2.05) is 39.0 Å². The van der Waals surface area contributed by atoms with E-state index < -0.39 is 0 Å². The zero-order chi connectivity index (χ0) is 18.7. The third-order valence-corrected chi connectivity index (χ3v) is 4.20. The third kappa shape index (κ3) is 3.79. The number of nitrogens with one attached hydrogen (secondary N) is 1. The maximum absolute atomic E-state index is 12.2. The molecule has 2 amide bonds. The summed E-state index contributed by atoms with van der Waals surface area (Å²) >= 11 is 0. The zero-order valence-electron chi connectivity index (χ0n) is 15.2. The molecule has 0 aromatic heterocycles. The van der Waals surface area contributed by atoms with Gasteiger partial charge in [0.05, 0.1) is 5.69 Å². The van der Waals surface area contributed by atoms with Gasteiger partial charge in [0, 0.05) is 12.2 Å². The van der Waals surface area contributed by atoms with Gasteiger partial charge in [-0.05, 0) is 56.2 Å². The van der Waals surface area contributed by atoms with Crippen molar-refractivity contribution >= 4 is 23.2 Å². The lowest BCUT2D eigenvalue weighted by molar-refractivity contribution is -0.121. The molecule has 0 atom stereocenters. The van der Waals surface area contributed by atoms with E-state index in [0.29, 0.717) is 29.4 Å². The molecule has 26 heavy (non-hydrogen) atoms. The van der Waals surface area contributed by atoms with Crippen LogP contribution >= 0.6 is 0 Å². The second-order valence-corrected chi connectivity index (χ2v) is 6.21. The highest BCUT2D eigenvalue weighted by molar-refractivity contribution is 5.99. The number of benzene rings is 2. The maximum Gasteiger partial charge on any atom is 0.265 e. The minimum atomic E-state index is -0.267. The minimum Gasteiger partial charge on any atom is -0.483 e. The van der Waals surface area contributed by atoms with Gasteiger partial charge >= 0.3 is 0 Å². The molecular weight excluding hydrogens is 332 g/mol. The molecule has 2 aromatic rings. The van der Waals surface area contributed by atoms with Crippen molar-refractivity contribution in [3.8, 4) is 11.5 Å². The summed E-state index contributed by atoms with van der Waals surface area (Å²) < 4.78 is 11.1. The summed E-state index contributed by atoms with van der Waals surface area (Å²) in [5.41, 5.74) is 3.31. The van der Waals surface area contributed by atoms with Gasteiger partial charge in [0.1, 0.15) is 11.5 Å². The summed E-state index contributed by atoms with van der Waals surface area (Å²) in [4.78, 5) is 25.8. The number of anilines is 2. The molecule has 1 N–H and O–H groups in total. The molecule has 0 aliphatic carbocycles. The van der Waals surface area contributed by atoms with Gasteiger partial charge in [-0.3, -0.25) is 9.59 Å². The van der Waals surface area contributed by atoms with Crippen LogP contribution in [0.15, 0.2) is 36.4 Å². The molecule has 1 aliphatic heterocycles. The Hall–Kier alpha value is -3.02. The smallest absolute Gasteiger partial charge is 0.265 e. The average Bonchev–Trinajstić information content (AvgIpc) is 2.62. The van der Waals surface area contributed by atoms with Gasteiger partial charge in [-0.2, -0.15) is 0 Å². The average molecular weight is 354 g/mol. The fourth-order valence-corrected chi connectivity index (χ4v) is 2.83. The molecule has 6 nitrogen and oxygen atoms in total. The van der Waals surface area contributed by atoms with Crippen LogP contribution in [0.5, 0.6) is 11.5 Å². The number of carbonyl (C=O) groups excluding carboxylic acids is 2. The summed E-state index contributed by atoms with van der Waals surface area (Å²) in [6.45, 7) is 6.30. The Balaban J connectivity index is 1.67. The first kappa shape index (κ1) is 17.8. The van der Waals surface area contributed by atoms with Crippen LogP contribution in [0.3, 0.4) is 0 Å². The van der Waals surface area contributed by atoms with Crippen LogP contribution < -0.4 is 19.7 Å². The summed E-state index contributed by atoms with van der Waals surface area (Å²) in [6, 6.07) is 11.1. The Kier molecular flexibility index (Phi) is 5.11. The second kappa shape index (κ2) is 7.47. The lowest BCUT2D eigenvalue weighted by atomic mass is 10.1. The highest BCUT2D eigenvalue weighted by atomic mass is 16.5. The second-order valence-electron chi connectivity index (χ2n) is 6.21. The lowest BCUT2D eigenvalue weighted by Gasteiger charge is -2.28. The molecule has 6 heteroatoms. The number of hydrogen-bond donors (Lipinski definition) is 1. The fourth-order valence-electron chi connectivity index (χ4n) is 2.83. The van der Waals surface area contributed by atoms with Crippen molar-refractivity contribution in [3.63, 3.8) is 0 Å². The van der Waals surface area contributed by atoms with Crippen LogP contribution in [0.4, 0.5) is 11.4 Å². The summed E-state index contributed by atoms with van der Waals surface area (Å²) in [6.07, 6.45) is 0. The quantitative estimate of drug-likeness (QED) is 0.896. The number of aryl methyl sites for hydroxylation is 2. The topological polar surface area (TPSA) is 67.9 Å². The number of carbonyl (C=O) groups is 2. The van der Waals surface area contributed by atoms with E-state index in [1.165, 1.54) is 0 Å². The molecular formula is C20H22N2O4. The maximum atomic E-state index is 12.2. The summed E-state index contributed by atoms with van der Waals surface area (Å²) in [5.74, 6) is 0.969. The van der Waals surface area contributed by atoms with Crippen molar-refractivity contribution in [3.05, 3.63) is 47.5 Å². The first-order chi connectivity index (χ1) is 12.5. The highest BCUT2D eigenvalue weighted by Crippen LogP contribution is 2.34. The van der Waals surface area contributed by atoms with Crippen molar-refractivity contribution in [2.75, 3.05) is 30.0 Å². The Morgan fingerprint density at radius 2 is 2.04 bits per heavy atom. The van der Waals surface area contributed by atoms with Crippen molar-refractivity contribution in [2.45, 2.75) is 20.8 Å². The molecule has 0 radical (unpaired) electrons. The van der Waals surface area contributed by atoms with Crippen LogP contribution in [-0.2, 0) is 9.59 Å². The van der Waals surface area contributed by atoms with Crippen LogP contribution in [0, 0.1) is 13.8 Å². The van der Waals surface area contributed by atoms with Gasteiger partial charge in [-0.1, -0.05) is 12.1 Å². The van der Waals surface area contributed by atoms with E-state index in [2.05, 4.69) is 5.32 Å². The van der Waals surface area contributed by atoms with Crippen molar-refractivity contribution in [2.24, 2.45) is 0 Å². The molecule has 1 heterocycles. The molecule has 0 unspecified atom stereocenters. The van der Waals surface area contributed by atoms with E-state index in [0.717, 1.165) is 11.1 Å².